The molecule has 0 aliphatic carbocycles. The largest absolute Gasteiger partial charge is 0.336 e. The van der Waals surface area contributed by atoms with E-state index in [4.69, 9.17) is 11.6 Å². The topological polar surface area (TPSA) is 44.4 Å². The molecule has 0 bridgehead atoms. The molecule has 4 nitrogen and oxygen atoms in total. The van der Waals surface area contributed by atoms with Crippen molar-refractivity contribution in [2.24, 2.45) is 0 Å². The van der Waals surface area contributed by atoms with E-state index in [-0.39, 0.29) is 18.1 Å². The third-order valence-electron chi connectivity index (χ3n) is 4.34. The molecular formula is C18H28ClN3O. The number of benzene rings is 1. The summed E-state index contributed by atoms with van der Waals surface area (Å²) in [7, 11) is 0. The SMILES string of the molecule is CCC[C@H](C)NC(=O)NC1CCN(Cc2ccc(Cl)cc2)CC1. The van der Waals surface area contributed by atoms with Crippen LogP contribution < -0.4 is 10.6 Å². The van der Waals surface area contributed by atoms with Gasteiger partial charge in [-0.3, -0.25) is 4.90 Å². The molecule has 23 heavy (non-hydrogen) atoms. The fourth-order valence-corrected chi connectivity index (χ4v) is 3.17. The lowest BCUT2D eigenvalue weighted by atomic mass is 10.0. The van der Waals surface area contributed by atoms with Crippen LogP contribution in [0.1, 0.15) is 45.1 Å². The first-order chi connectivity index (χ1) is 11.1. The highest BCUT2D eigenvalue weighted by Gasteiger charge is 2.21. The third kappa shape index (κ3) is 6.40. The summed E-state index contributed by atoms with van der Waals surface area (Å²) in [5.74, 6) is 0. The average molecular weight is 338 g/mol. The Labute approximate surface area is 144 Å². The van der Waals surface area contributed by atoms with Crippen molar-refractivity contribution < 1.29 is 4.79 Å². The van der Waals surface area contributed by atoms with Gasteiger partial charge in [0.25, 0.3) is 0 Å². The summed E-state index contributed by atoms with van der Waals surface area (Å²) in [6.45, 7) is 7.16. The van der Waals surface area contributed by atoms with E-state index in [0.29, 0.717) is 0 Å². The molecule has 1 aromatic carbocycles. The average Bonchev–Trinajstić information content (AvgIpc) is 2.51. The molecule has 5 heteroatoms. The van der Waals surface area contributed by atoms with Crippen LogP contribution in [0.2, 0.25) is 5.02 Å². The van der Waals surface area contributed by atoms with Crippen molar-refractivity contribution in [3.8, 4) is 0 Å². The summed E-state index contributed by atoms with van der Waals surface area (Å²) in [6.07, 6.45) is 4.11. The smallest absolute Gasteiger partial charge is 0.315 e. The van der Waals surface area contributed by atoms with Crippen LogP contribution in [0.3, 0.4) is 0 Å². The van der Waals surface area contributed by atoms with Gasteiger partial charge in [-0.15, -0.1) is 0 Å². The van der Waals surface area contributed by atoms with Gasteiger partial charge in [-0.1, -0.05) is 37.1 Å². The number of hydrogen-bond donors (Lipinski definition) is 2. The Kier molecular flexibility index (Phi) is 7.18. The number of urea groups is 1. The van der Waals surface area contributed by atoms with Crippen LogP contribution in [0.25, 0.3) is 0 Å². The third-order valence-corrected chi connectivity index (χ3v) is 4.59. The molecule has 0 aromatic heterocycles. The van der Waals surface area contributed by atoms with Gasteiger partial charge in [0.1, 0.15) is 0 Å². The van der Waals surface area contributed by atoms with Crippen LogP contribution in [0, 0.1) is 0 Å². The van der Waals surface area contributed by atoms with Gasteiger partial charge < -0.3 is 10.6 Å². The van der Waals surface area contributed by atoms with Crippen molar-refractivity contribution in [3.63, 3.8) is 0 Å². The van der Waals surface area contributed by atoms with E-state index in [1.165, 1.54) is 5.56 Å². The van der Waals surface area contributed by atoms with E-state index in [9.17, 15) is 4.79 Å². The van der Waals surface area contributed by atoms with Gasteiger partial charge in [0.2, 0.25) is 0 Å². The van der Waals surface area contributed by atoms with Crippen molar-refractivity contribution >= 4 is 17.6 Å². The lowest BCUT2D eigenvalue weighted by Gasteiger charge is -2.32. The number of carbonyl (C=O) groups excluding carboxylic acids is 1. The Morgan fingerprint density at radius 3 is 2.57 bits per heavy atom. The fraction of sp³-hybridized carbons (Fsp3) is 0.611. The van der Waals surface area contributed by atoms with Crippen molar-refractivity contribution in [1.29, 1.82) is 0 Å². The van der Waals surface area contributed by atoms with Crippen molar-refractivity contribution in [2.75, 3.05) is 13.1 Å². The molecule has 1 fully saturated rings. The number of halogens is 1. The normalized spacial score (nSPS) is 17.7. The summed E-state index contributed by atoms with van der Waals surface area (Å²) >= 11 is 5.92. The molecule has 1 saturated heterocycles. The molecule has 1 aliphatic rings. The van der Waals surface area contributed by atoms with Crippen LogP contribution in [0.15, 0.2) is 24.3 Å². The summed E-state index contributed by atoms with van der Waals surface area (Å²) in [5.41, 5.74) is 1.28. The standard InChI is InChI=1S/C18H28ClN3O/c1-3-4-14(2)20-18(23)21-17-9-11-22(12-10-17)13-15-5-7-16(19)8-6-15/h5-8,14,17H,3-4,9-13H2,1-2H3,(H2,20,21,23)/t14-/m0/s1. The highest BCUT2D eigenvalue weighted by Crippen LogP contribution is 2.16. The van der Waals surface area contributed by atoms with Crippen LogP contribution in [0.4, 0.5) is 4.79 Å². The lowest BCUT2D eigenvalue weighted by Crippen LogP contribution is -2.49. The van der Waals surface area contributed by atoms with E-state index in [1.807, 2.05) is 12.1 Å². The molecule has 1 aromatic rings. The first-order valence-electron chi connectivity index (χ1n) is 8.60. The zero-order valence-electron chi connectivity index (χ0n) is 14.1. The molecule has 0 spiro atoms. The van der Waals surface area contributed by atoms with E-state index >= 15 is 0 Å². The van der Waals surface area contributed by atoms with Gasteiger partial charge in [-0.2, -0.15) is 0 Å². The second-order valence-electron chi connectivity index (χ2n) is 6.48. The minimum absolute atomic E-state index is 0.0258. The van der Waals surface area contributed by atoms with Crippen LogP contribution in [-0.2, 0) is 6.54 Å². The minimum Gasteiger partial charge on any atom is -0.336 e. The molecule has 0 unspecified atom stereocenters. The Hall–Kier alpha value is -1.26. The molecule has 128 valence electrons. The molecular weight excluding hydrogens is 310 g/mol. The van der Waals surface area contributed by atoms with Crippen LogP contribution >= 0.6 is 11.6 Å². The summed E-state index contributed by atoms with van der Waals surface area (Å²) in [6, 6.07) is 8.53. The summed E-state index contributed by atoms with van der Waals surface area (Å²) in [5, 5.41) is 6.89. The van der Waals surface area contributed by atoms with E-state index in [0.717, 1.165) is 50.3 Å². The van der Waals surface area contributed by atoms with Gasteiger partial charge in [-0.25, -0.2) is 4.79 Å². The highest BCUT2D eigenvalue weighted by molar-refractivity contribution is 6.30. The number of carbonyl (C=O) groups is 1. The van der Waals surface area contributed by atoms with Crippen molar-refractivity contribution in [3.05, 3.63) is 34.9 Å². The molecule has 2 rings (SSSR count). The highest BCUT2D eigenvalue weighted by atomic mass is 35.5. The molecule has 1 aliphatic heterocycles. The van der Waals surface area contributed by atoms with Gasteiger partial charge in [0, 0.05) is 36.7 Å². The predicted octanol–water partition coefficient (Wildman–Crippen LogP) is 3.79. The van der Waals surface area contributed by atoms with Gasteiger partial charge in [-0.05, 0) is 43.9 Å². The van der Waals surface area contributed by atoms with E-state index in [2.05, 4.69) is 41.5 Å². The minimum atomic E-state index is -0.0258. The summed E-state index contributed by atoms with van der Waals surface area (Å²) in [4.78, 5) is 14.4. The number of hydrogen-bond acceptors (Lipinski definition) is 2. The fourth-order valence-electron chi connectivity index (χ4n) is 3.04. The maximum atomic E-state index is 12.0. The van der Waals surface area contributed by atoms with Crippen molar-refractivity contribution in [1.82, 2.24) is 15.5 Å². The quantitative estimate of drug-likeness (QED) is 0.829. The Bertz CT molecular complexity index is 484. The number of nitrogens with one attached hydrogen (secondary N) is 2. The first kappa shape index (κ1) is 18.1. The number of nitrogens with zero attached hydrogens (tertiary/aromatic N) is 1. The van der Waals surface area contributed by atoms with Crippen molar-refractivity contribution in [2.45, 2.75) is 58.2 Å². The zero-order valence-corrected chi connectivity index (χ0v) is 14.9. The maximum Gasteiger partial charge on any atom is 0.315 e. The lowest BCUT2D eigenvalue weighted by molar-refractivity contribution is 0.185. The second kappa shape index (κ2) is 9.14. The first-order valence-corrected chi connectivity index (χ1v) is 8.98. The van der Waals surface area contributed by atoms with Gasteiger partial charge in [0.05, 0.1) is 0 Å². The van der Waals surface area contributed by atoms with E-state index in [1.54, 1.807) is 0 Å². The van der Waals surface area contributed by atoms with Crippen LogP contribution in [0.5, 0.6) is 0 Å². The second-order valence-corrected chi connectivity index (χ2v) is 6.92. The Morgan fingerprint density at radius 1 is 1.30 bits per heavy atom. The molecule has 0 radical (unpaired) electrons. The number of amides is 2. The molecule has 0 saturated carbocycles. The summed E-state index contributed by atoms with van der Waals surface area (Å²) < 4.78 is 0. The Balaban J connectivity index is 1.69. The molecule has 1 atom stereocenters. The zero-order chi connectivity index (χ0) is 16.7. The Morgan fingerprint density at radius 2 is 1.96 bits per heavy atom. The van der Waals surface area contributed by atoms with Crippen LogP contribution in [-0.4, -0.2) is 36.1 Å². The maximum absolute atomic E-state index is 12.0. The van der Waals surface area contributed by atoms with E-state index < -0.39 is 0 Å². The molecule has 1 heterocycles. The number of piperidine rings is 1. The number of rotatable bonds is 6. The van der Waals surface area contributed by atoms with Gasteiger partial charge >= 0.3 is 6.03 Å². The van der Waals surface area contributed by atoms with Gasteiger partial charge in [0.15, 0.2) is 0 Å². The number of likely N-dealkylation sites (tertiary alicyclic amines) is 1. The molecule has 2 amide bonds. The molecule has 2 N–H and O–H groups in total. The predicted molar refractivity (Wildman–Crippen MR) is 95.8 cm³/mol. The monoisotopic (exact) mass is 337 g/mol.